The number of benzene rings is 2. The fourth-order valence-corrected chi connectivity index (χ4v) is 4.88. The van der Waals surface area contributed by atoms with Crippen molar-refractivity contribution in [2.75, 3.05) is 42.6 Å². The van der Waals surface area contributed by atoms with Gasteiger partial charge in [0.05, 0.1) is 17.2 Å². The zero-order valence-electron chi connectivity index (χ0n) is 20.1. The molecule has 0 bridgehead atoms. The van der Waals surface area contributed by atoms with Crippen molar-refractivity contribution in [3.8, 4) is 0 Å². The van der Waals surface area contributed by atoms with Gasteiger partial charge >= 0.3 is 12.0 Å². The number of nitrogens with one attached hydrogen (secondary N) is 1. The zero-order chi connectivity index (χ0) is 24.9. The average Bonchev–Trinajstić information content (AvgIpc) is 3.34. The van der Waals surface area contributed by atoms with Crippen LogP contribution in [-0.2, 0) is 16.1 Å². The summed E-state index contributed by atoms with van der Waals surface area (Å²) in [6.45, 7) is 6.22. The maximum absolute atomic E-state index is 13.7. The Kier molecular flexibility index (Phi) is 7.80. The maximum Gasteiger partial charge on any atom is 0.325 e. The van der Waals surface area contributed by atoms with E-state index in [2.05, 4.69) is 10.2 Å². The van der Waals surface area contributed by atoms with Gasteiger partial charge in [-0.2, -0.15) is 0 Å². The van der Waals surface area contributed by atoms with Crippen LogP contribution in [0.15, 0.2) is 42.5 Å². The van der Waals surface area contributed by atoms with Crippen molar-refractivity contribution in [1.82, 2.24) is 10.2 Å². The molecule has 0 spiro atoms. The van der Waals surface area contributed by atoms with Gasteiger partial charge in [0, 0.05) is 43.6 Å². The Morgan fingerprint density at radius 3 is 2.57 bits per heavy atom. The Hall–Kier alpha value is -3.26. The number of rotatable bonds is 5. The van der Waals surface area contributed by atoms with Crippen LogP contribution in [-0.4, -0.2) is 61.6 Å². The van der Waals surface area contributed by atoms with Crippen LogP contribution in [0.25, 0.3) is 0 Å². The predicted molar refractivity (Wildman–Crippen MR) is 136 cm³/mol. The zero-order valence-corrected chi connectivity index (χ0v) is 20.9. The summed E-state index contributed by atoms with van der Waals surface area (Å²) in [4.78, 5) is 43.9. The SMILES string of the molecule is CCOC(=O)CNC(=O)N1Cc2ccccc2N(C(=O)c2ccc(N3CCCC3)cc2Cl)C[C@H]1C. The molecule has 0 unspecified atom stereocenters. The van der Waals surface area contributed by atoms with E-state index in [1.165, 1.54) is 0 Å². The van der Waals surface area contributed by atoms with E-state index in [-0.39, 0.29) is 37.7 Å². The summed E-state index contributed by atoms with van der Waals surface area (Å²) in [7, 11) is 0. The molecule has 1 fully saturated rings. The third kappa shape index (κ3) is 5.53. The smallest absolute Gasteiger partial charge is 0.325 e. The monoisotopic (exact) mass is 498 g/mol. The number of nitrogens with zero attached hydrogens (tertiary/aromatic N) is 3. The van der Waals surface area contributed by atoms with Crippen molar-refractivity contribution in [3.63, 3.8) is 0 Å². The summed E-state index contributed by atoms with van der Waals surface area (Å²) in [5.74, 6) is -0.705. The molecule has 4 rings (SSSR count). The number of ether oxygens (including phenoxy) is 1. The van der Waals surface area contributed by atoms with Gasteiger partial charge in [-0.3, -0.25) is 9.59 Å². The van der Waals surface area contributed by atoms with Crippen LogP contribution in [0, 0.1) is 0 Å². The van der Waals surface area contributed by atoms with Gasteiger partial charge in [-0.1, -0.05) is 29.8 Å². The van der Waals surface area contributed by atoms with E-state index in [0.29, 0.717) is 17.1 Å². The second-order valence-electron chi connectivity index (χ2n) is 8.84. The van der Waals surface area contributed by atoms with E-state index in [1.54, 1.807) is 22.8 Å². The molecule has 8 nitrogen and oxygen atoms in total. The molecule has 2 aromatic carbocycles. The first-order valence-corrected chi connectivity index (χ1v) is 12.4. The van der Waals surface area contributed by atoms with Crippen molar-refractivity contribution in [2.24, 2.45) is 0 Å². The van der Waals surface area contributed by atoms with E-state index in [0.717, 1.165) is 42.9 Å². The number of fused-ring (bicyclic) bond motifs is 1. The van der Waals surface area contributed by atoms with Crippen molar-refractivity contribution in [2.45, 2.75) is 39.3 Å². The molecule has 1 saturated heterocycles. The third-order valence-electron chi connectivity index (χ3n) is 6.45. The largest absolute Gasteiger partial charge is 0.465 e. The number of amides is 3. The van der Waals surface area contributed by atoms with Crippen LogP contribution in [0.4, 0.5) is 16.2 Å². The number of hydrogen-bond acceptors (Lipinski definition) is 5. The Balaban J connectivity index is 1.57. The molecule has 3 amide bonds. The molecule has 0 aromatic heterocycles. The topological polar surface area (TPSA) is 82.2 Å². The minimum atomic E-state index is -0.493. The van der Waals surface area contributed by atoms with Gasteiger partial charge in [0.15, 0.2) is 0 Å². The van der Waals surface area contributed by atoms with Crippen molar-refractivity contribution >= 4 is 40.9 Å². The molecule has 0 radical (unpaired) electrons. The predicted octanol–water partition coefficient (Wildman–Crippen LogP) is 4.06. The lowest BCUT2D eigenvalue weighted by Gasteiger charge is -2.29. The molecule has 0 saturated carbocycles. The Labute approximate surface area is 210 Å². The highest BCUT2D eigenvalue weighted by Crippen LogP contribution is 2.32. The first kappa shape index (κ1) is 24.9. The highest BCUT2D eigenvalue weighted by molar-refractivity contribution is 6.35. The molecular weight excluding hydrogens is 468 g/mol. The lowest BCUT2D eigenvalue weighted by Crippen LogP contribution is -2.49. The summed E-state index contributed by atoms with van der Waals surface area (Å²) >= 11 is 6.61. The highest BCUT2D eigenvalue weighted by Gasteiger charge is 2.32. The Morgan fingerprint density at radius 1 is 1.11 bits per heavy atom. The van der Waals surface area contributed by atoms with Crippen molar-refractivity contribution in [3.05, 3.63) is 58.6 Å². The number of carbonyl (C=O) groups is 3. The minimum Gasteiger partial charge on any atom is -0.465 e. The fraction of sp³-hybridized carbons (Fsp3) is 0.423. The van der Waals surface area contributed by atoms with Crippen LogP contribution in [0.5, 0.6) is 0 Å². The highest BCUT2D eigenvalue weighted by atomic mass is 35.5. The lowest BCUT2D eigenvalue weighted by atomic mass is 10.1. The van der Waals surface area contributed by atoms with Crippen LogP contribution in [0.2, 0.25) is 5.02 Å². The van der Waals surface area contributed by atoms with Gasteiger partial charge in [-0.25, -0.2) is 4.79 Å². The maximum atomic E-state index is 13.7. The molecule has 35 heavy (non-hydrogen) atoms. The van der Waals surface area contributed by atoms with E-state index in [4.69, 9.17) is 16.3 Å². The van der Waals surface area contributed by atoms with Crippen LogP contribution >= 0.6 is 11.6 Å². The normalized spacial score (nSPS) is 17.6. The van der Waals surface area contributed by atoms with E-state index in [9.17, 15) is 14.4 Å². The van der Waals surface area contributed by atoms with E-state index >= 15 is 0 Å². The Morgan fingerprint density at radius 2 is 1.86 bits per heavy atom. The number of esters is 1. The van der Waals surface area contributed by atoms with Crippen molar-refractivity contribution in [1.29, 1.82) is 0 Å². The molecule has 1 atom stereocenters. The standard InChI is InChI=1S/C26H31ClN4O4/c1-3-35-24(32)15-28-26(34)30-17-19-8-4-5-9-23(19)31(16-18(30)2)25(33)21-11-10-20(14-22(21)27)29-12-6-7-13-29/h4-5,8-11,14,18H,3,6-7,12-13,15-17H2,1-2H3,(H,28,34)/t18-/m1/s1. The summed E-state index contributed by atoms with van der Waals surface area (Å²) in [6, 6.07) is 12.4. The molecule has 186 valence electrons. The van der Waals surface area contributed by atoms with Gasteiger partial charge in [-0.15, -0.1) is 0 Å². The van der Waals surface area contributed by atoms with Gasteiger partial charge in [0.2, 0.25) is 0 Å². The first-order chi connectivity index (χ1) is 16.9. The molecular formula is C26H31ClN4O4. The molecule has 2 aliphatic rings. The Bertz CT molecular complexity index is 1100. The number of halogens is 1. The molecule has 2 heterocycles. The molecule has 1 N–H and O–H groups in total. The summed E-state index contributed by atoms with van der Waals surface area (Å²) in [6.07, 6.45) is 2.31. The van der Waals surface area contributed by atoms with Crippen LogP contribution in [0.3, 0.4) is 0 Å². The van der Waals surface area contributed by atoms with Gasteiger partial charge < -0.3 is 24.8 Å². The van der Waals surface area contributed by atoms with Crippen molar-refractivity contribution < 1.29 is 19.1 Å². The van der Waals surface area contributed by atoms with Crippen LogP contribution in [0.1, 0.15) is 42.6 Å². The molecule has 2 aliphatic heterocycles. The second kappa shape index (κ2) is 11.0. The summed E-state index contributed by atoms with van der Waals surface area (Å²) < 4.78 is 4.90. The second-order valence-corrected chi connectivity index (χ2v) is 9.25. The summed E-state index contributed by atoms with van der Waals surface area (Å²) in [5.41, 5.74) is 3.03. The third-order valence-corrected chi connectivity index (χ3v) is 6.76. The van der Waals surface area contributed by atoms with Crippen LogP contribution < -0.4 is 15.1 Å². The van der Waals surface area contributed by atoms with Gasteiger partial charge in [-0.05, 0) is 56.5 Å². The molecule has 0 aliphatic carbocycles. The fourth-order valence-electron chi connectivity index (χ4n) is 4.63. The lowest BCUT2D eigenvalue weighted by molar-refractivity contribution is -0.141. The minimum absolute atomic E-state index is 0.209. The number of carbonyl (C=O) groups excluding carboxylic acids is 3. The molecule has 9 heteroatoms. The summed E-state index contributed by atoms with van der Waals surface area (Å²) in [5, 5.41) is 3.04. The average molecular weight is 499 g/mol. The number of anilines is 2. The van der Waals surface area contributed by atoms with E-state index < -0.39 is 5.97 Å². The number of para-hydroxylation sites is 1. The number of hydrogen-bond donors (Lipinski definition) is 1. The number of urea groups is 1. The quantitative estimate of drug-likeness (QED) is 0.628. The van der Waals surface area contributed by atoms with Gasteiger partial charge in [0.1, 0.15) is 6.54 Å². The molecule has 2 aromatic rings. The first-order valence-electron chi connectivity index (χ1n) is 12.0. The van der Waals surface area contributed by atoms with Gasteiger partial charge in [0.25, 0.3) is 5.91 Å². The van der Waals surface area contributed by atoms with E-state index in [1.807, 2.05) is 43.3 Å².